The maximum absolute atomic E-state index is 11.9. The number of likely N-dealkylation sites (tertiary alicyclic amines) is 1. The highest BCUT2D eigenvalue weighted by Gasteiger charge is 2.16. The molecule has 3 rings (SSSR count). The van der Waals surface area contributed by atoms with E-state index in [0.29, 0.717) is 44.1 Å². The first-order valence-corrected chi connectivity index (χ1v) is 10.1. The van der Waals surface area contributed by atoms with Gasteiger partial charge in [0.15, 0.2) is 0 Å². The lowest BCUT2D eigenvalue weighted by molar-refractivity contribution is -0.130. The van der Waals surface area contributed by atoms with Gasteiger partial charge in [-0.2, -0.15) is 11.3 Å². The van der Waals surface area contributed by atoms with E-state index in [1.807, 2.05) is 21.7 Å². The molecule has 0 aliphatic carbocycles. The molecule has 3 heterocycles. The number of amides is 2. The molecule has 1 saturated heterocycles. The molecule has 0 bridgehead atoms. The van der Waals surface area contributed by atoms with E-state index in [-0.39, 0.29) is 11.8 Å². The second-order valence-electron chi connectivity index (χ2n) is 6.41. The summed E-state index contributed by atoms with van der Waals surface area (Å²) in [6, 6.07) is 1.92. The van der Waals surface area contributed by atoms with Crippen LogP contribution in [0.2, 0.25) is 0 Å². The van der Waals surface area contributed by atoms with Gasteiger partial charge in [0, 0.05) is 49.8 Å². The van der Waals surface area contributed by atoms with Crippen LogP contribution < -0.4 is 5.32 Å². The topological polar surface area (TPSA) is 88.3 Å². The van der Waals surface area contributed by atoms with Crippen LogP contribution in [-0.2, 0) is 16.0 Å². The molecule has 0 spiro atoms. The van der Waals surface area contributed by atoms with Crippen LogP contribution in [0.25, 0.3) is 11.5 Å². The Balaban J connectivity index is 1.32. The lowest BCUT2D eigenvalue weighted by Crippen LogP contribution is -2.34. The van der Waals surface area contributed by atoms with E-state index in [1.165, 1.54) is 0 Å². The highest BCUT2D eigenvalue weighted by atomic mass is 32.1. The molecule has 2 aromatic heterocycles. The third-order valence-corrected chi connectivity index (χ3v) is 5.08. The zero-order chi connectivity index (χ0) is 18.2. The first-order chi connectivity index (χ1) is 12.7. The number of aryl methyl sites for hydroxylation is 1. The van der Waals surface area contributed by atoms with Crippen LogP contribution in [0, 0.1) is 0 Å². The maximum atomic E-state index is 11.9. The van der Waals surface area contributed by atoms with Crippen molar-refractivity contribution in [3.05, 3.63) is 22.7 Å². The molecule has 0 unspecified atom stereocenters. The Morgan fingerprint density at radius 3 is 3.08 bits per heavy atom. The summed E-state index contributed by atoms with van der Waals surface area (Å²) in [5.74, 6) is 1.16. The van der Waals surface area contributed by atoms with Crippen molar-refractivity contribution in [2.75, 3.05) is 19.6 Å². The summed E-state index contributed by atoms with van der Waals surface area (Å²) in [5, 5.41) is 14.8. The molecule has 26 heavy (non-hydrogen) atoms. The molecule has 7 nitrogen and oxygen atoms in total. The van der Waals surface area contributed by atoms with Crippen LogP contribution in [0.3, 0.4) is 0 Å². The molecule has 8 heteroatoms. The van der Waals surface area contributed by atoms with E-state index >= 15 is 0 Å². The van der Waals surface area contributed by atoms with E-state index in [4.69, 9.17) is 4.42 Å². The largest absolute Gasteiger partial charge is 0.421 e. The van der Waals surface area contributed by atoms with Crippen LogP contribution in [0.5, 0.6) is 0 Å². The van der Waals surface area contributed by atoms with Crippen molar-refractivity contribution in [1.82, 2.24) is 20.4 Å². The van der Waals surface area contributed by atoms with Gasteiger partial charge in [-0.25, -0.2) is 0 Å². The predicted molar refractivity (Wildman–Crippen MR) is 98.6 cm³/mol. The number of nitrogens with zero attached hydrogens (tertiary/aromatic N) is 3. The normalized spacial score (nSPS) is 15.1. The van der Waals surface area contributed by atoms with Gasteiger partial charge in [-0.05, 0) is 30.7 Å². The van der Waals surface area contributed by atoms with Crippen molar-refractivity contribution in [1.29, 1.82) is 0 Å². The third kappa shape index (κ3) is 5.39. The maximum Gasteiger partial charge on any atom is 0.248 e. The number of carbonyl (C=O) groups excluding carboxylic acids is 2. The molecular weight excluding hydrogens is 352 g/mol. The van der Waals surface area contributed by atoms with E-state index < -0.39 is 0 Å². The summed E-state index contributed by atoms with van der Waals surface area (Å²) < 4.78 is 5.57. The molecule has 1 aliphatic heterocycles. The van der Waals surface area contributed by atoms with Gasteiger partial charge in [-0.1, -0.05) is 6.42 Å². The number of hydrogen-bond donors (Lipinski definition) is 1. The van der Waals surface area contributed by atoms with Crippen molar-refractivity contribution in [2.24, 2.45) is 0 Å². The molecule has 0 aromatic carbocycles. The van der Waals surface area contributed by atoms with Gasteiger partial charge >= 0.3 is 0 Å². The fraction of sp³-hybridized carbons (Fsp3) is 0.556. The highest BCUT2D eigenvalue weighted by Crippen LogP contribution is 2.20. The molecule has 140 valence electrons. The van der Waals surface area contributed by atoms with Gasteiger partial charge in [0.05, 0.1) is 0 Å². The van der Waals surface area contributed by atoms with E-state index in [1.54, 1.807) is 11.3 Å². The minimum absolute atomic E-state index is 0.0394. The first-order valence-electron chi connectivity index (χ1n) is 9.12. The van der Waals surface area contributed by atoms with Crippen molar-refractivity contribution in [2.45, 2.75) is 44.9 Å². The van der Waals surface area contributed by atoms with Crippen LogP contribution in [0.15, 0.2) is 21.2 Å². The SMILES string of the molecule is O=C(CCc1nnc(-c2ccsc2)o1)NCCCN1CCCCCC1=O. The lowest BCUT2D eigenvalue weighted by Gasteiger charge is -2.20. The molecule has 0 radical (unpaired) electrons. The van der Waals surface area contributed by atoms with Crippen molar-refractivity contribution in [3.63, 3.8) is 0 Å². The number of nitrogens with one attached hydrogen (secondary N) is 1. The van der Waals surface area contributed by atoms with E-state index in [2.05, 4.69) is 15.5 Å². The Bertz CT molecular complexity index is 714. The highest BCUT2D eigenvalue weighted by molar-refractivity contribution is 7.08. The smallest absolute Gasteiger partial charge is 0.248 e. The molecule has 0 saturated carbocycles. The quantitative estimate of drug-likeness (QED) is 0.716. The second-order valence-corrected chi connectivity index (χ2v) is 7.19. The van der Waals surface area contributed by atoms with Gasteiger partial charge in [-0.15, -0.1) is 10.2 Å². The van der Waals surface area contributed by atoms with Crippen LogP contribution in [-0.4, -0.2) is 46.5 Å². The second kappa shape index (κ2) is 9.47. The number of carbonyl (C=O) groups is 2. The summed E-state index contributed by atoms with van der Waals surface area (Å²) in [6.45, 7) is 2.13. The minimum atomic E-state index is -0.0394. The first kappa shape index (κ1) is 18.6. The predicted octanol–water partition coefficient (Wildman–Crippen LogP) is 2.64. The molecule has 1 fully saturated rings. The summed E-state index contributed by atoms with van der Waals surface area (Å²) in [6.07, 6.45) is 5.38. The van der Waals surface area contributed by atoms with E-state index in [0.717, 1.165) is 37.8 Å². The monoisotopic (exact) mass is 376 g/mol. The minimum Gasteiger partial charge on any atom is -0.421 e. The zero-order valence-electron chi connectivity index (χ0n) is 14.8. The van der Waals surface area contributed by atoms with Gasteiger partial charge in [0.25, 0.3) is 0 Å². The molecule has 2 amide bonds. The lowest BCUT2D eigenvalue weighted by atomic mass is 10.2. The van der Waals surface area contributed by atoms with Crippen LogP contribution >= 0.6 is 11.3 Å². The number of hydrogen-bond acceptors (Lipinski definition) is 6. The van der Waals surface area contributed by atoms with Crippen molar-refractivity contribution in [3.8, 4) is 11.5 Å². The summed E-state index contributed by atoms with van der Waals surface area (Å²) in [4.78, 5) is 25.8. The Morgan fingerprint density at radius 1 is 1.31 bits per heavy atom. The van der Waals surface area contributed by atoms with Gasteiger partial charge in [0.1, 0.15) is 0 Å². The van der Waals surface area contributed by atoms with Gasteiger partial charge < -0.3 is 14.6 Å². The Hall–Kier alpha value is -2.22. The van der Waals surface area contributed by atoms with Crippen LogP contribution in [0.1, 0.15) is 44.4 Å². The molecule has 2 aromatic rings. The Labute approximate surface area is 156 Å². The number of rotatable bonds is 8. The number of aromatic nitrogens is 2. The average molecular weight is 376 g/mol. The van der Waals surface area contributed by atoms with Crippen LogP contribution in [0.4, 0.5) is 0 Å². The number of thiophene rings is 1. The van der Waals surface area contributed by atoms with Gasteiger partial charge in [0.2, 0.25) is 23.6 Å². The fourth-order valence-corrected chi connectivity index (χ4v) is 3.57. The molecule has 1 aliphatic rings. The third-order valence-electron chi connectivity index (χ3n) is 4.40. The molecule has 0 atom stereocenters. The Morgan fingerprint density at radius 2 is 2.23 bits per heavy atom. The summed E-state index contributed by atoms with van der Waals surface area (Å²) in [5.41, 5.74) is 0.904. The van der Waals surface area contributed by atoms with Gasteiger partial charge in [-0.3, -0.25) is 9.59 Å². The standard InChI is InChI=1S/C18H24N4O3S/c23-15(19-9-4-11-22-10-3-1-2-5-17(22)24)6-7-16-20-21-18(25-16)14-8-12-26-13-14/h8,12-13H,1-7,9-11H2,(H,19,23). The van der Waals surface area contributed by atoms with E-state index in [9.17, 15) is 9.59 Å². The molecular formula is C18H24N4O3S. The Kier molecular flexibility index (Phi) is 6.76. The summed E-state index contributed by atoms with van der Waals surface area (Å²) in [7, 11) is 0. The molecule has 1 N–H and O–H groups in total. The fourth-order valence-electron chi connectivity index (χ4n) is 2.94. The summed E-state index contributed by atoms with van der Waals surface area (Å²) >= 11 is 1.57. The average Bonchev–Trinajstić information content (AvgIpc) is 3.28. The van der Waals surface area contributed by atoms with Crippen molar-refractivity contribution < 1.29 is 14.0 Å². The zero-order valence-corrected chi connectivity index (χ0v) is 15.6. The van der Waals surface area contributed by atoms with Crippen molar-refractivity contribution >= 4 is 23.2 Å².